The van der Waals surface area contributed by atoms with E-state index in [-0.39, 0.29) is 6.10 Å². The van der Waals surface area contributed by atoms with Gasteiger partial charge in [0, 0.05) is 5.56 Å². The van der Waals surface area contributed by atoms with Crippen LogP contribution < -0.4 is 4.74 Å². The Morgan fingerprint density at radius 3 is 2.71 bits per heavy atom. The number of carbonyl (C=O) groups is 1. The van der Waals surface area contributed by atoms with Gasteiger partial charge in [0.15, 0.2) is 0 Å². The third-order valence-corrected chi connectivity index (χ3v) is 2.24. The van der Waals surface area contributed by atoms with Gasteiger partial charge in [-0.2, -0.15) is 0 Å². The summed E-state index contributed by atoms with van der Waals surface area (Å²) in [5, 5.41) is 0. The molecule has 0 radical (unpaired) electrons. The first-order valence-electron chi connectivity index (χ1n) is 4.89. The number of rotatable bonds is 4. The molecular weight excluding hydrogens is 176 g/mol. The van der Waals surface area contributed by atoms with E-state index in [0.29, 0.717) is 5.56 Å². The van der Waals surface area contributed by atoms with Crippen LogP contribution in [0.15, 0.2) is 18.2 Å². The maximum absolute atomic E-state index is 10.5. The van der Waals surface area contributed by atoms with Gasteiger partial charge in [0.1, 0.15) is 12.0 Å². The van der Waals surface area contributed by atoms with Gasteiger partial charge in [0.05, 0.1) is 6.10 Å². The molecule has 1 aromatic carbocycles. The maximum Gasteiger partial charge on any atom is 0.150 e. The van der Waals surface area contributed by atoms with E-state index in [2.05, 4.69) is 6.92 Å². The summed E-state index contributed by atoms with van der Waals surface area (Å²) >= 11 is 0. The summed E-state index contributed by atoms with van der Waals surface area (Å²) in [4.78, 5) is 10.5. The van der Waals surface area contributed by atoms with Gasteiger partial charge in [0.2, 0.25) is 0 Å². The lowest BCUT2D eigenvalue weighted by Gasteiger charge is -2.14. The molecule has 14 heavy (non-hydrogen) atoms. The molecule has 0 aliphatic carbocycles. The molecule has 1 aromatic rings. The number of carbonyl (C=O) groups excluding carboxylic acids is 1. The van der Waals surface area contributed by atoms with Gasteiger partial charge < -0.3 is 4.74 Å². The second kappa shape index (κ2) is 4.80. The van der Waals surface area contributed by atoms with E-state index < -0.39 is 0 Å². The summed E-state index contributed by atoms with van der Waals surface area (Å²) in [6, 6.07) is 5.47. The monoisotopic (exact) mass is 192 g/mol. The quantitative estimate of drug-likeness (QED) is 0.685. The zero-order chi connectivity index (χ0) is 10.6. The van der Waals surface area contributed by atoms with Gasteiger partial charge in [-0.25, -0.2) is 0 Å². The van der Waals surface area contributed by atoms with Crippen LogP contribution in [0.1, 0.15) is 36.2 Å². The zero-order valence-electron chi connectivity index (χ0n) is 8.91. The van der Waals surface area contributed by atoms with Crippen LogP contribution >= 0.6 is 0 Å². The third-order valence-electron chi connectivity index (χ3n) is 2.24. The minimum atomic E-state index is 0.218. The SMILES string of the molecule is CCC(C)Oc1ccc(C=O)cc1C. The van der Waals surface area contributed by atoms with Crippen molar-refractivity contribution in [2.24, 2.45) is 0 Å². The van der Waals surface area contributed by atoms with Crippen molar-refractivity contribution in [2.75, 3.05) is 0 Å². The van der Waals surface area contributed by atoms with E-state index >= 15 is 0 Å². The summed E-state index contributed by atoms with van der Waals surface area (Å²) in [5.41, 5.74) is 1.70. The Morgan fingerprint density at radius 1 is 1.50 bits per heavy atom. The van der Waals surface area contributed by atoms with Gasteiger partial charge in [-0.05, 0) is 44.0 Å². The van der Waals surface area contributed by atoms with Crippen molar-refractivity contribution in [1.82, 2.24) is 0 Å². The van der Waals surface area contributed by atoms with Gasteiger partial charge >= 0.3 is 0 Å². The Labute approximate surface area is 84.9 Å². The zero-order valence-corrected chi connectivity index (χ0v) is 8.91. The molecule has 0 spiro atoms. The van der Waals surface area contributed by atoms with Crippen molar-refractivity contribution in [3.8, 4) is 5.75 Å². The molecule has 1 atom stereocenters. The summed E-state index contributed by atoms with van der Waals surface area (Å²) in [7, 11) is 0. The number of hydrogen-bond donors (Lipinski definition) is 0. The van der Waals surface area contributed by atoms with E-state index in [4.69, 9.17) is 4.74 Å². The lowest BCUT2D eigenvalue weighted by Crippen LogP contribution is -2.10. The molecule has 1 rings (SSSR count). The molecule has 0 N–H and O–H groups in total. The van der Waals surface area contributed by atoms with Crippen LogP contribution in [0.5, 0.6) is 5.75 Å². The molecule has 0 amide bonds. The first-order valence-corrected chi connectivity index (χ1v) is 4.89. The highest BCUT2D eigenvalue weighted by molar-refractivity contribution is 5.75. The Hall–Kier alpha value is -1.31. The second-order valence-electron chi connectivity index (χ2n) is 3.48. The van der Waals surface area contributed by atoms with Crippen LogP contribution in [0.3, 0.4) is 0 Å². The normalized spacial score (nSPS) is 12.2. The van der Waals surface area contributed by atoms with Gasteiger partial charge in [0.25, 0.3) is 0 Å². The van der Waals surface area contributed by atoms with E-state index in [9.17, 15) is 4.79 Å². The third kappa shape index (κ3) is 2.59. The fourth-order valence-corrected chi connectivity index (χ4v) is 1.18. The molecule has 0 heterocycles. The lowest BCUT2D eigenvalue weighted by molar-refractivity contribution is 0.112. The molecular formula is C12H16O2. The van der Waals surface area contributed by atoms with Crippen LogP contribution in [0.25, 0.3) is 0 Å². The van der Waals surface area contributed by atoms with Crippen molar-refractivity contribution in [1.29, 1.82) is 0 Å². The average molecular weight is 192 g/mol. The highest BCUT2D eigenvalue weighted by Gasteiger charge is 2.04. The first kappa shape index (κ1) is 10.8. The number of hydrogen-bond acceptors (Lipinski definition) is 2. The topological polar surface area (TPSA) is 26.3 Å². The number of aldehydes is 1. The van der Waals surface area contributed by atoms with Crippen molar-refractivity contribution in [3.05, 3.63) is 29.3 Å². The molecule has 0 saturated heterocycles. The molecule has 0 fully saturated rings. The van der Waals surface area contributed by atoms with E-state index in [1.807, 2.05) is 26.0 Å². The highest BCUT2D eigenvalue weighted by atomic mass is 16.5. The summed E-state index contributed by atoms with van der Waals surface area (Å²) < 4.78 is 5.68. The van der Waals surface area contributed by atoms with Gasteiger partial charge in [-0.15, -0.1) is 0 Å². The molecule has 76 valence electrons. The fourth-order valence-electron chi connectivity index (χ4n) is 1.18. The van der Waals surface area contributed by atoms with Crippen LogP contribution in [-0.4, -0.2) is 12.4 Å². The average Bonchev–Trinajstić information content (AvgIpc) is 2.20. The predicted molar refractivity (Wildman–Crippen MR) is 56.9 cm³/mol. The molecule has 0 saturated carbocycles. The summed E-state index contributed by atoms with van der Waals surface area (Å²) in [6.45, 7) is 6.07. The summed E-state index contributed by atoms with van der Waals surface area (Å²) in [5.74, 6) is 0.866. The molecule has 0 aliphatic heterocycles. The highest BCUT2D eigenvalue weighted by Crippen LogP contribution is 2.20. The molecule has 1 unspecified atom stereocenters. The summed E-state index contributed by atoms with van der Waals surface area (Å²) in [6.07, 6.45) is 2.05. The van der Waals surface area contributed by atoms with Crippen molar-refractivity contribution in [2.45, 2.75) is 33.3 Å². The van der Waals surface area contributed by atoms with E-state index in [0.717, 1.165) is 24.0 Å². The first-order chi connectivity index (χ1) is 6.67. The van der Waals surface area contributed by atoms with Crippen molar-refractivity contribution in [3.63, 3.8) is 0 Å². The fraction of sp³-hybridized carbons (Fsp3) is 0.417. The lowest BCUT2D eigenvalue weighted by atomic mass is 10.1. The Kier molecular flexibility index (Phi) is 3.69. The molecule has 0 aromatic heterocycles. The number of ether oxygens (including phenoxy) is 1. The van der Waals surface area contributed by atoms with Crippen LogP contribution in [0, 0.1) is 6.92 Å². The Morgan fingerprint density at radius 2 is 2.21 bits per heavy atom. The van der Waals surface area contributed by atoms with Crippen LogP contribution in [0.2, 0.25) is 0 Å². The van der Waals surface area contributed by atoms with Crippen molar-refractivity contribution >= 4 is 6.29 Å². The number of benzene rings is 1. The minimum absolute atomic E-state index is 0.218. The molecule has 0 bridgehead atoms. The van der Waals surface area contributed by atoms with Crippen LogP contribution in [-0.2, 0) is 0 Å². The van der Waals surface area contributed by atoms with E-state index in [1.165, 1.54) is 0 Å². The largest absolute Gasteiger partial charge is 0.490 e. The maximum atomic E-state index is 10.5. The van der Waals surface area contributed by atoms with Crippen molar-refractivity contribution < 1.29 is 9.53 Å². The standard InChI is InChI=1S/C12H16O2/c1-4-10(3)14-12-6-5-11(8-13)7-9(12)2/h5-8,10H,4H2,1-3H3. The Balaban J connectivity index is 2.83. The Bertz CT molecular complexity index is 318. The van der Waals surface area contributed by atoms with Crippen LogP contribution in [0.4, 0.5) is 0 Å². The second-order valence-corrected chi connectivity index (χ2v) is 3.48. The molecule has 0 aliphatic rings. The van der Waals surface area contributed by atoms with Gasteiger partial charge in [-0.3, -0.25) is 4.79 Å². The van der Waals surface area contributed by atoms with Gasteiger partial charge in [-0.1, -0.05) is 6.92 Å². The molecule has 2 nitrogen and oxygen atoms in total. The van der Waals surface area contributed by atoms with E-state index in [1.54, 1.807) is 6.07 Å². The smallest absolute Gasteiger partial charge is 0.150 e. The minimum Gasteiger partial charge on any atom is -0.490 e. The molecule has 2 heteroatoms. The predicted octanol–water partition coefficient (Wildman–Crippen LogP) is 2.98. The number of aryl methyl sites for hydroxylation is 1.